The van der Waals surface area contributed by atoms with E-state index in [9.17, 15) is 4.57 Å². The van der Waals surface area contributed by atoms with Crippen molar-refractivity contribution in [3.63, 3.8) is 0 Å². The van der Waals surface area contributed by atoms with Gasteiger partial charge in [-0.25, -0.2) is 4.57 Å². The lowest BCUT2D eigenvalue weighted by Crippen LogP contribution is -2.43. The van der Waals surface area contributed by atoms with Gasteiger partial charge in [0.1, 0.15) is 17.5 Å². The molecule has 226 valence electrons. The summed E-state index contributed by atoms with van der Waals surface area (Å²) in [6, 6.07) is 36.3. The third-order valence-corrected chi connectivity index (χ3v) is 8.44. The Balaban J connectivity index is 1.31. The van der Waals surface area contributed by atoms with E-state index >= 15 is 0 Å². The summed E-state index contributed by atoms with van der Waals surface area (Å²) >= 11 is 0. The van der Waals surface area contributed by atoms with Crippen LogP contribution in [0.15, 0.2) is 115 Å². The van der Waals surface area contributed by atoms with Crippen LogP contribution >= 0.6 is 7.82 Å². The van der Waals surface area contributed by atoms with Crippen LogP contribution in [0.1, 0.15) is 35.5 Å². The van der Waals surface area contributed by atoms with E-state index in [1.54, 1.807) is 7.11 Å². The average molecular weight is 605 g/mol. The van der Waals surface area contributed by atoms with E-state index in [2.05, 4.69) is 0 Å². The van der Waals surface area contributed by atoms with Crippen LogP contribution in [0.5, 0.6) is 5.75 Å². The molecule has 1 aliphatic heterocycles. The van der Waals surface area contributed by atoms with Crippen LogP contribution in [-0.4, -0.2) is 32.0 Å². The lowest BCUT2D eigenvalue weighted by atomic mass is 10.0. The monoisotopic (exact) mass is 604 g/mol. The molecule has 1 aliphatic rings. The molecule has 1 fully saturated rings. The van der Waals surface area contributed by atoms with E-state index in [4.69, 9.17) is 32.5 Å². The summed E-state index contributed by atoms with van der Waals surface area (Å²) in [5.41, 5.74) is 2.60. The molecule has 4 aromatic carbocycles. The SMILES string of the molecule is COc1ccc(C2O[C@H](COP(=O)(OCc3ccccc3)OCc3ccccc3)[C@](C)(COCc3ccccc3)O2)cc1. The fraction of sp³-hybridized carbons (Fsp3) is 0.294. The second-order valence-electron chi connectivity index (χ2n) is 10.4. The summed E-state index contributed by atoms with van der Waals surface area (Å²) in [6.07, 6.45) is -1.34. The molecular weight excluding hydrogens is 567 g/mol. The summed E-state index contributed by atoms with van der Waals surface area (Å²) in [5, 5.41) is 0. The highest BCUT2D eigenvalue weighted by Crippen LogP contribution is 2.52. The summed E-state index contributed by atoms with van der Waals surface area (Å²) < 4.78 is 55.7. The van der Waals surface area contributed by atoms with Crippen molar-refractivity contribution in [3.05, 3.63) is 138 Å². The molecule has 43 heavy (non-hydrogen) atoms. The first-order valence-electron chi connectivity index (χ1n) is 14.2. The largest absolute Gasteiger partial charge is 0.497 e. The lowest BCUT2D eigenvalue weighted by Gasteiger charge is -2.29. The fourth-order valence-corrected chi connectivity index (χ4v) is 5.72. The van der Waals surface area contributed by atoms with E-state index in [0.717, 1.165) is 28.0 Å². The van der Waals surface area contributed by atoms with Crippen molar-refractivity contribution >= 4 is 7.82 Å². The summed E-state index contributed by atoms with van der Waals surface area (Å²) in [7, 11) is -2.41. The summed E-state index contributed by atoms with van der Waals surface area (Å²) in [5.74, 6) is 0.725. The summed E-state index contributed by atoms with van der Waals surface area (Å²) in [4.78, 5) is 0. The Kier molecular flexibility index (Phi) is 10.8. The molecule has 5 rings (SSSR count). The van der Waals surface area contributed by atoms with Crippen molar-refractivity contribution < 1.29 is 37.1 Å². The Labute approximate surface area is 253 Å². The van der Waals surface area contributed by atoms with E-state index in [1.807, 2.05) is 122 Å². The predicted molar refractivity (Wildman–Crippen MR) is 162 cm³/mol. The van der Waals surface area contributed by atoms with Gasteiger partial charge < -0.3 is 18.9 Å². The molecule has 0 aliphatic carbocycles. The zero-order chi connectivity index (χ0) is 30.0. The van der Waals surface area contributed by atoms with Crippen LogP contribution in [0.2, 0.25) is 0 Å². The number of methoxy groups -OCH3 is 1. The molecule has 0 bridgehead atoms. The van der Waals surface area contributed by atoms with Gasteiger partial charge in [0.2, 0.25) is 0 Å². The van der Waals surface area contributed by atoms with Gasteiger partial charge in [0.25, 0.3) is 0 Å². The molecular formula is C34H37O8P. The highest BCUT2D eigenvalue weighted by atomic mass is 31.2. The smallest absolute Gasteiger partial charge is 0.475 e. The minimum absolute atomic E-state index is 0.0564. The minimum atomic E-state index is -4.03. The van der Waals surface area contributed by atoms with E-state index in [-0.39, 0.29) is 26.4 Å². The Bertz CT molecular complexity index is 1390. The Morgan fingerprint density at radius 1 is 0.698 bits per heavy atom. The van der Waals surface area contributed by atoms with Gasteiger partial charge in [-0.2, -0.15) is 0 Å². The van der Waals surface area contributed by atoms with Gasteiger partial charge in [-0.1, -0.05) is 103 Å². The van der Waals surface area contributed by atoms with Crippen molar-refractivity contribution in [1.29, 1.82) is 0 Å². The Morgan fingerprint density at radius 3 is 1.72 bits per heavy atom. The molecule has 0 radical (unpaired) electrons. The third-order valence-electron chi connectivity index (χ3n) is 7.08. The van der Waals surface area contributed by atoms with Gasteiger partial charge in [0.15, 0.2) is 6.29 Å². The van der Waals surface area contributed by atoms with Crippen LogP contribution in [0.4, 0.5) is 0 Å². The molecule has 1 saturated heterocycles. The predicted octanol–water partition coefficient (Wildman–Crippen LogP) is 7.64. The maximum atomic E-state index is 13.9. The highest BCUT2D eigenvalue weighted by Gasteiger charge is 2.48. The fourth-order valence-electron chi connectivity index (χ4n) is 4.56. The molecule has 4 aromatic rings. The number of phosphoric acid groups is 1. The molecule has 3 atom stereocenters. The number of hydrogen-bond donors (Lipinski definition) is 0. The maximum Gasteiger partial charge on any atom is 0.475 e. The molecule has 0 N–H and O–H groups in total. The lowest BCUT2D eigenvalue weighted by molar-refractivity contribution is -0.111. The van der Waals surface area contributed by atoms with Gasteiger partial charge in [-0.3, -0.25) is 13.6 Å². The normalized spacial score (nSPS) is 20.2. The van der Waals surface area contributed by atoms with Gasteiger partial charge in [-0.15, -0.1) is 0 Å². The Hall–Kier alpha value is -3.33. The molecule has 0 spiro atoms. The van der Waals surface area contributed by atoms with Crippen LogP contribution < -0.4 is 4.74 Å². The molecule has 0 amide bonds. The van der Waals surface area contributed by atoms with Crippen molar-refractivity contribution in [1.82, 2.24) is 0 Å². The van der Waals surface area contributed by atoms with Crippen molar-refractivity contribution in [2.24, 2.45) is 0 Å². The number of benzene rings is 4. The molecule has 8 nitrogen and oxygen atoms in total. The third kappa shape index (κ3) is 8.85. The van der Waals surface area contributed by atoms with Crippen molar-refractivity contribution in [3.8, 4) is 5.75 Å². The first-order valence-corrected chi connectivity index (χ1v) is 15.6. The van der Waals surface area contributed by atoms with Gasteiger partial charge in [-0.05, 0) is 35.7 Å². The average Bonchev–Trinajstić information content (AvgIpc) is 3.39. The molecule has 9 heteroatoms. The molecule has 1 unspecified atom stereocenters. The topological polar surface area (TPSA) is 81.7 Å². The van der Waals surface area contributed by atoms with E-state index in [1.165, 1.54) is 0 Å². The number of hydrogen-bond acceptors (Lipinski definition) is 8. The van der Waals surface area contributed by atoms with Crippen LogP contribution in [0.3, 0.4) is 0 Å². The molecule has 0 aromatic heterocycles. The van der Waals surface area contributed by atoms with Crippen LogP contribution in [0, 0.1) is 0 Å². The highest BCUT2D eigenvalue weighted by molar-refractivity contribution is 7.48. The number of phosphoric ester groups is 1. The van der Waals surface area contributed by atoms with Crippen molar-refractivity contribution in [2.75, 3.05) is 20.3 Å². The number of rotatable bonds is 15. The first kappa shape index (κ1) is 31.1. The minimum Gasteiger partial charge on any atom is -0.497 e. The standard InChI is InChI=1S/C34H37O8P/c1-34(26-37-22-27-12-6-3-7-13-27)32(41-33(42-34)30-18-20-31(36-2)21-19-30)25-40-43(35,38-23-28-14-8-4-9-15-28)39-24-29-16-10-5-11-17-29/h3-21,32-33H,22-26H2,1-2H3/t32-,33?,34+/m1/s1. The summed E-state index contributed by atoms with van der Waals surface area (Å²) in [6.45, 7) is 2.51. The second kappa shape index (κ2) is 14.9. The van der Waals surface area contributed by atoms with Gasteiger partial charge in [0, 0.05) is 5.56 Å². The van der Waals surface area contributed by atoms with Gasteiger partial charge in [0.05, 0.1) is 40.1 Å². The van der Waals surface area contributed by atoms with Gasteiger partial charge >= 0.3 is 7.82 Å². The van der Waals surface area contributed by atoms with E-state index in [0.29, 0.717) is 6.61 Å². The first-order chi connectivity index (χ1) is 20.9. The maximum absolute atomic E-state index is 13.9. The molecule has 1 heterocycles. The number of ether oxygens (including phenoxy) is 4. The van der Waals surface area contributed by atoms with E-state index < -0.39 is 25.8 Å². The zero-order valence-electron chi connectivity index (χ0n) is 24.4. The zero-order valence-corrected chi connectivity index (χ0v) is 25.3. The second-order valence-corrected chi connectivity index (χ2v) is 12.1. The van der Waals surface area contributed by atoms with Crippen LogP contribution in [0.25, 0.3) is 0 Å². The molecule has 0 saturated carbocycles. The Morgan fingerprint density at radius 2 is 1.21 bits per heavy atom. The quantitative estimate of drug-likeness (QED) is 0.128. The van der Waals surface area contributed by atoms with Crippen LogP contribution in [-0.2, 0) is 52.2 Å². The van der Waals surface area contributed by atoms with Crippen molar-refractivity contribution in [2.45, 2.75) is 44.7 Å².